The van der Waals surface area contributed by atoms with Crippen molar-refractivity contribution in [3.05, 3.63) is 30.1 Å². The standard InChI is InChI=1S/C14H20FN3O/c15-11-6-2-3-7-12(11)17-13(19)18-14(10-16)8-4-1-5-9-14/h2-3,6-7H,1,4-5,8-10,16H2,(H2,17,18,19). The van der Waals surface area contributed by atoms with Gasteiger partial charge in [-0.3, -0.25) is 0 Å². The number of carbonyl (C=O) groups excluding carboxylic acids is 1. The molecule has 0 heterocycles. The number of hydrogen-bond acceptors (Lipinski definition) is 2. The Morgan fingerprint density at radius 1 is 1.26 bits per heavy atom. The summed E-state index contributed by atoms with van der Waals surface area (Å²) in [6.07, 6.45) is 5.08. The summed E-state index contributed by atoms with van der Waals surface area (Å²) in [4.78, 5) is 12.0. The van der Waals surface area contributed by atoms with Gasteiger partial charge in [0.2, 0.25) is 0 Å². The summed E-state index contributed by atoms with van der Waals surface area (Å²) in [7, 11) is 0. The lowest BCUT2D eigenvalue weighted by atomic mass is 9.82. The molecule has 0 unspecified atom stereocenters. The van der Waals surface area contributed by atoms with Crippen molar-refractivity contribution in [3.8, 4) is 0 Å². The largest absolute Gasteiger partial charge is 0.331 e. The normalized spacial score (nSPS) is 17.8. The smallest absolute Gasteiger partial charge is 0.319 e. The Morgan fingerprint density at radius 3 is 2.58 bits per heavy atom. The van der Waals surface area contributed by atoms with Gasteiger partial charge in [-0.1, -0.05) is 31.4 Å². The average Bonchev–Trinajstić information content (AvgIpc) is 2.42. The molecule has 1 saturated carbocycles. The average molecular weight is 265 g/mol. The number of para-hydroxylation sites is 1. The van der Waals surface area contributed by atoms with E-state index in [2.05, 4.69) is 10.6 Å². The highest BCUT2D eigenvalue weighted by molar-refractivity contribution is 5.89. The molecule has 0 saturated heterocycles. The van der Waals surface area contributed by atoms with E-state index in [1.54, 1.807) is 12.1 Å². The molecule has 0 aliphatic heterocycles. The van der Waals surface area contributed by atoms with Crippen LogP contribution in [0.1, 0.15) is 32.1 Å². The second-order valence-corrected chi connectivity index (χ2v) is 5.10. The highest BCUT2D eigenvalue weighted by Crippen LogP contribution is 2.27. The molecular weight excluding hydrogens is 245 g/mol. The number of carbonyl (C=O) groups is 1. The molecule has 0 aromatic heterocycles. The van der Waals surface area contributed by atoms with E-state index < -0.39 is 11.8 Å². The van der Waals surface area contributed by atoms with Crippen molar-refractivity contribution in [2.45, 2.75) is 37.6 Å². The molecule has 19 heavy (non-hydrogen) atoms. The van der Waals surface area contributed by atoms with Crippen LogP contribution in [0.5, 0.6) is 0 Å². The van der Waals surface area contributed by atoms with E-state index in [-0.39, 0.29) is 11.2 Å². The van der Waals surface area contributed by atoms with Gasteiger partial charge in [-0.25, -0.2) is 9.18 Å². The number of anilines is 1. The van der Waals surface area contributed by atoms with Crippen molar-refractivity contribution in [3.63, 3.8) is 0 Å². The zero-order valence-electron chi connectivity index (χ0n) is 10.9. The summed E-state index contributed by atoms with van der Waals surface area (Å²) in [5.41, 5.74) is 5.64. The third-order valence-corrected chi connectivity index (χ3v) is 3.70. The van der Waals surface area contributed by atoms with E-state index in [0.717, 1.165) is 25.7 Å². The number of urea groups is 1. The highest BCUT2D eigenvalue weighted by Gasteiger charge is 2.32. The SMILES string of the molecule is NCC1(NC(=O)Nc2ccccc2F)CCCCC1. The van der Waals surface area contributed by atoms with Crippen LogP contribution in [0.2, 0.25) is 0 Å². The molecule has 0 spiro atoms. The topological polar surface area (TPSA) is 67.1 Å². The maximum absolute atomic E-state index is 13.4. The van der Waals surface area contributed by atoms with Crippen LogP contribution in [0.15, 0.2) is 24.3 Å². The van der Waals surface area contributed by atoms with E-state index in [0.29, 0.717) is 6.54 Å². The van der Waals surface area contributed by atoms with Crippen LogP contribution >= 0.6 is 0 Å². The maximum Gasteiger partial charge on any atom is 0.319 e. The van der Waals surface area contributed by atoms with Gasteiger partial charge >= 0.3 is 6.03 Å². The van der Waals surface area contributed by atoms with E-state index in [4.69, 9.17) is 5.73 Å². The van der Waals surface area contributed by atoms with Gasteiger partial charge in [-0.05, 0) is 25.0 Å². The minimum absolute atomic E-state index is 0.183. The third kappa shape index (κ3) is 3.44. The fraction of sp³-hybridized carbons (Fsp3) is 0.500. The molecule has 1 aliphatic rings. The number of benzene rings is 1. The van der Waals surface area contributed by atoms with Crippen molar-refractivity contribution >= 4 is 11.7 Å². The molecule has 1 aromatic rings. The first kappa shape index (κ1) is 13.8. The number of rotatable bonds is 3. The summed E-state index contributed by atoms with van der Waals surface area (Å²) in [5.74, 6) is -0.442. The summed E-state index contributed by atoms with van der Waals surface area (Å²) >= 11 is 0. The molecule has 0 atom stereocenters. The maximum atomic E-state index is 13.4. The summed E-state index contributed by atoms with van der Waals surface area (Å²) in [5, 5.41) is 5.45. The quantitative estimate of drug-likeness (QED) is 0.786. The molecule has 5 heteroatoms. The lowest BCUT2D eigenvalue weighted by Crippen LogP contribution is -2.55. The van der Waals surface area contributed by atoms with Crippen molar-refractivity contribution in [1.82, 2.24) is 5.32 Å². The molecule has 1 aliphatic carbocycles. The summed E-state index contributed by atoms with van der Waals surface area (Å²) in [6, 6.07) is 5.72. The first-order chi connectivity index (χ1) is 9.15. The summed E-state index contributed by atoms with van der Waals surface area (Å²) in [6.45, 7) is 0.414. The molecule has 4 nitrogen and oxygen atoms in total. The monoisotopic (exact) mass is 265 g/mol. The summed E-state index contributed by atoms with van der Waals surface area (Å²) < 4.78 is 13.4. The molecule has 104 valence electrons. The molecule has 0 bridgehead atoms. The Balaban J connectivity index is 1.98. The zero-order chi connectivity index (χ0) is 13.7. The van der Waals surface area contributed by atoms with Gasteiger partial charge in [0.05, 0.1) is 11.2 Å². The van der Waals surface area contributed by atoms with Crippen LogP contribution in [-0.2, 0) is 0 Å². The Morgan fingerprint density at radius 2 is 1.95 bits per heavy atom. The zero-order valence-corrected chi connectivity index (χ0v) is 10.9. The molecule has 4 N–H and O–H groups in total. The van der Waals surface area contributed by atoms with Crippen LogP contribution in [0.3, 0.4) is 0 Å². The van der Waals surface area contributed by atoms with E-state index in [1.165, 1.54) is 18.6 Å². The van der Waals surface area contributed by atoms with Crippen molar-refractivity contribution < 1.29 is 9.18 Å². The Hall–Kier alpha value is -1.62. The van der Waals surface area contributed by atoms with Crippen LogP contribution < -0.4 is 16.4 Å². The lowest BCUT2D eigenvalue weighted by molar-refractivity contribution is 0.215. The fourth-order valence-corrected chi connectivity index (χ4v) is 2.57. The van der Waals surface area contributed by atoms with Gasteiger partial charge in [0.1, 0.15) is 5.82 Å². The minimum Gasteiger partial charge on any atom is -0.331 e. The van der Waals surface area contributed by atoms with Crippen molar-refractivity contribution in [2.24, 2.45) is 5.73 Å². The van der Waals surface area contributed by atoms with Gasteiger partial charge in [0.15, 0.2) is 0 Å². The Kier molecular flexibility index (Phi) is 4.37. The predicted molar refractivity (Wildman–Crippen MR) is 73.4 cm³/mol. The second kappa shape index (κ2) is 6.02. The van der Waals surface area contributed by atoms with Gasteiger partial charge < -0.3 is 16.4 Å². The van der Waals surface area contributed by atoms with Gasteiger partial charge in [0, 0.05) is 6.54 Å². The number of halogens is 1. The van der Waals surface area contributed by atoms with Crippen LogP contribution in [-0.4, -0.2) is 18.1 Å². The molecule has 1 aromatic carbocycles. The number of nitrogens with one attached hydrogen (secondary N) is 2. The predicted octanol–water partition coefficient (Wildman–Crippen LogP) is 2.61. The van der Waals surface area contributed by atoms with Crippen molar-refractivity contribution in [1.29, 1.82) is 0 Å². The van der Waals surface area contributed by atoms with Gasteiger partial charge in [-0.15, -0.1) is 0 Å². The number of amides is 2. The first-order valence-corrected chi connectivity index (χ1v) is 6.69. The van der Waals surface area contributed by atoms with E-state index in [9.17, 15) is 9.18 Å². The molecule has 0 radical (unpaired) electrons. The van der Waals surface area contributed by atoms with E-state index >= 15 is 0 Å². The van der Waals surface area contributed by atoms with Crippen LogP contribution in [0.4, 0.5) is 14.9 Å². The third-order valence-electron chi connectivity index (χ3n) is 3.70. The molecule has 2 amide bonds. The lowest BCUT2D eigenvalue weighted by Gasteiger charge is -2.37. The van der Waals surface area contributed by atoms with E-state index in [1.807, 2.05) is 0 Å². The van der Waals surface area contributed by atoms with Crippen LogP contribution in [0, 0.1) is 5.82 Å². The second-order valence-electron chi connectivity index (χ2n) is 5.10. The van der Waals surface area contributed by atoms with Crippen molar-refractivity contribution in [2.75, 3.05) is 11.9 Å². The number of nitrogens with two attached hydrogens (primary N) is 1. The molecular formula is C14H20FN3O. The Labute approximate surface area is 112 Å². The fourth-order valence-electron chi connectivity index (χ4n) is 2.57. The van der Waals surface area contributed by atoms with Crippen LogP contribution in [0.25, 0.3) is 0 Å². The Bertz CT molecular complexity index is 444. The minimum atomic E-state index is -0.442. The van der Waals surface area contributed by atoms with Gasteiger partial charge in [-0.2, -0.15) is 0 Å². The van der Waals surface area contributed by atoms with Gasteiger partial charge in [0.25, 0.3) is 0 Å². The first-order valence-electron chi connectivity index (χ1n) is 6.69. The number of hydrogen-bond donors (Lipinski definition) is 3. The molecule has 2 rings (SSSR count). The molecule has 1 fully saturated rings. The highest BCUT2D eigenvalue weighted by atomic mass is 19.1.